The van der Waals surface area contributed by atoms with E-state index < -0.39 is 0 Å². The number of carbonyl (C=O) groups is 1. The van der Waals surface area contributed by atoms with Crippen LogP contribution in [0.25, 0.3) is 20.1 Å². The molecule has 0 atom stereocenters. The van der Waals surface area contributed by atoms with Crippen molar-refractivity contribution in [3.63, 3.8) is 0 Å². The van der Waals surface area contributed by atoms with E-state index in [2.05, 4.69) is 21.4 Å². The summed E-state index contributed by atoms with van der Waals surface area (Å²) in [6, 6.07) is 15.4. The first-order valence-corrected chi connectivity index (χ1v) is 8.60. The Morgan fingerprint density at radius 3 is 2.74 bits per heavy atom. The van der Waals surface area contributed by atoms with Gasteiger partial charge >= 0.3 is 0 Å². The summed E-state index contributed by atoms with van der Waals surface area (Å²) >= 11 is 3.08. The second-order valence-electron chi connectivity index (χ2n) is 4.85. The molecular formula is C17H11N3OS2. The lowest BCUT2D eigenvalue weighted by Crippen LogP contribution is -2.09. The monoisotopic (exact) mass is 337 g/mol. The van der Waals surface area contributed by atoms with E-state index in [0.29, 0.717) is 10.6 Å². The van der Waals surface area contributed by atoms with Crippen LogP contribution in [0.1, 0.15) is 9.67 Å². The summed E-state index contributed by atoms with van der Waals surface area (Å²) in [7, 11) is 0. The van der Waals surface area contributed by atoms with Crippen LogP contribution in [-0.4, -0.2) is 15.9 Å². The summed E-state index contributed by atoms with van der Waals surface area (Å²) in [4.78, 5) is 22.6. The topological polar surface area (TPSA) is 54.9 Å². The maximum atomic E-state index is 12.3. The lowest BCUT2D eigenvalue weighted by molar-refractivity contribution is 0.103. The third-order valence-corrected chi connectivity index (χ3v) is 5.54. The van der Waals surface area contributed by atoms with Crippen LogP contribution in [0.2, 0.25) is 0 Å². The molecule has 4 aromatic rings. The number of benzene rings is 1. The van der Waals surface area contributed by atoms with Crippen LogP contribution in [0.5, 0.6) is 0 Å². The molecule has 0 aliphatic carbocycles. The molecule has 0 spiro atoms. The van der Waals surface area contributed by atoms with E-state index in [1.807, 2.05) is 36.4 Å². The van der Waals surface area contributed by atoms with Crippen molar-refractivity contribution in [3.8, 4) is 9.88 Å². The summed E-state index contributed by atoms with van der Waals surface area (Å²) in [6.45, 7) is 0. The molecule has 0 saturated heterocycles. The first-order valence-electron chi connectivity index (χ1n) is 6.97. The summed E-state index contributed by atoms with van der Waals surface area (Å²) in [5, 5.41) is 3.78. The summed E-state index contributed by atoms with van der Waals surface area (Å²) < 4.78 is 1.15. The minimum Gasteiger partial charge on any atom is -0.320 e. The lowest BCUT2D eigenvalue weighted by atomic mass is 10.3. The van der Waals surface area contributed by atoms with Crippen molar-refractivity contribution in [3.05, 3.63) is 65.8 Å². The van der Waals surface area contributed by atoms with E-state index in [-0.39, 0.29) is 5.91 Å². The summed E-state index contributed by atoms with van der Waals surface area (Å²) in [5.41, 5.74) is 1.68. The SMILES string of the molecule is O=C(Nc1cccnc1)c1ccc(-c2nc3ccccc3s2)s1. The van der Waals surface area contributed by atoms with Crippen LogP contribution >= 0.6 is 22.7 Å². The molecule has 112 valence electrons. The second-order valence-corrected chi connectivity index (χ2v) is 6.96. The highest BCUT2D eigenvalue weighted by molar-refractivity contribution is 7.26. The van der Waals surface area contributed by atoms with Gasteiger partial charge in [0.1, 0.15) is 5.01 Å². The fourth-order valence-corrected chi connectivity index (χ4v) is 4.10. The van der Waals surface area contributed by atoms with Crippen molar-refractivity contribution in [2.75, 3.05) is 5.32 Å². The van der Waals surface area contributed by atoms with Crippen LogP contribution in [0.15, 0.2) is 60.9 Å². The van der Waals surface area contributed by atoms with Gasteiger partial charge in [-0.05, 0) is 36.4 Å². The number of nitrogens with zero attached hydrogens (tertiary/aromatic N) is 2. The van der Waals surface area contributed by atoms with Gasteiger partial charge in [-0.1, -0.05) is 12.1 Å². The predicted molar refractivity (Wildman–Crippen MR) is 95.1 cm³/mol. The zero-order chi connectivity index (χ0) is 15.6. The maximum absolute atomic E-state index is 12.3. The molecule has 0 aliphatic rings. The van der Waals surface area contributed by atoms with Gasteiger partial charge in [0.15, 0.2) is 0 Å². The van der Waals surface area contributed by atoms with Crippen molar-refractivity contribution in [2.24, 2.45) is 0 Å². The van der Waals surface area contributed by atoms with E-state index in [1.54, 1.807) is 29.8 Å². The Kier molecular flexibility index (Phi) is 3.61. The molecule has 23 heavy (non-hydrogen) atoms. The van der Waals surface area contributed by atoms with Gasteiger partial charge in [-0.3, -0.25) is 9.78 Å². The number of fused-ring (bicyclic) bond motifs is 1. The number of pyridine rings is 1. The van der Waals surface area contributed by atoms with E-state index in [9.17, 15) is 4.79 Å². The third kappa shape index (κ3) is 2.86. The minimum atomic E-state index is -0.129. The van der Waals surface area contributed by atoms with Crippen LogP contribution < -0.4 is 5.32 Å². The molecular weight excluding hydrogens is 326 g/mol. The Labute approximate surface area is 140 Å². The number of aromatic nitrogens is 2. The Hall–Kier alpha value is -2.57. The van der Waals surface area contributed by atoms with Crippen molar-refractivity contribution >= 4 is 44.5 Å². The minimum absolute atomic E-state index is 0.129. The van der Waals surface area contributed by atoms with Gasteiger partial charge in [-0.15, -0.1) is 22.7 Å². The summed E-state index contributed by atoms with van der Waals surface area (Å²) in [6.07, 6.45) is 3.30. The molecule has 4 nitrogen and oxygen atoms in total. The molecule has 3 heterocycles. The van der Waals surface area contributed by atoms with Gasteiger partial charge in [0.05, 0.1) is 31.9 Å². The number of thiophene rings is 1. The molecule has 0 saturated carbocycles. The maximum Gasteiger partial charge on any atom is 0.265 e. The van der Waals surface area contributed by atoms with Gasteiger partial charge in [-0.2, -0.15) is 0 Å². The number of hydrogen-bond donors (Lipinski definition) is 1. The summed E-state index contributed by atoms with van der Waals surface area (Å²) in [5.74, 6) is -0.129. The van der Waals surface area contributed by atoms with E-state index in [0.717, 1.165) is 20.1 Å². The molecule has 0 fully saturated rings. The smallest absolute Gasteiger partial charge is 0.265 e. The fourth-order valence-electron chi connectivity index (χ4n) is 2.18. The van der Waals surface area contributed by atoms with Gasteiger partial charge < -0.3 is 5.32 Å². The fraction of sp³-hybridized carbons (Fsp3) is 0. The number of thiazole rings is 1. The molecule has 1 aromatic carbocycles. The van der Waals surface area contributed by atoms with E-state index >= 15 is 0 Å². The van der Waals surface area contributed by atoms with Gasteiger partial charge in [-0.25, -0.2) is 4.98 Å². The third-order valence-electron chi connectivity index (χ3n) is 3.25. The standard InChI is InChI=1S/C17H11N3OS2/c21-16(19-11-4-3-9-18-10-11)14-7-8-15(22-14)17-20-12-5-1-2-6-13(12)23-17/h1-10H,(H,19,21). The molecule has 0 radical (unpaired) electrons. The number of rotatable bonds is 3. The largest absolute Gasteiger partial charge is 0.320 e. The number of anilines is 1. The van der Waals surface area contributed by atoms with Crippen LogP contribution in [-0.2, 0) is 0 Å². The van der Waals surface area contributed by atoms with Crippen molar-refractivity contribution < 1.29 is 4.79 Å². The van der Waals surface area contributed by atoms with E-state index in [4.69, 9.17) is 0 Å². The number of para-hydroxylation sites is 1. The Morgan fingerprint density at radius 1 is 1.00 bits per heavy atom. The molecule has 0 bridgehead atoms. The second kappa shape index (κ2) is 5.91. The van der Waals surface area contributed by atoms with Crippen molar-refractivity contribution in [2.45, 2.75) is 0 Å². The molecule has 6 heteroatoms. The quantitative estimate of drug-likeness (QED) is 0.591. The molecule has 0 unspecified atom stereocenters. The zero-order valence-corrected chi connectivity index (χ0v) is 13.5. The zero-order valence-electron chi connectivity index (χ0n) is 11.9. The Balaban J connectivity index is 1.60. The predicted octanol–water partition coefficient (Wildman–Crippen LogP) is 4.67. The number of hydrogen-bond acceptors (Lipinski definition) is 5. The normalized spacial score (nSPS) is 10.8. The van der Waals surface area contributed by atoms with Crippen LogP contribution in [0.3, 0.4) is 0 Å². The average Bonchev–Trinajstić information content (AvgIpc) is 3.22. The van der Waals surface area contributed by atoms with Crippen molar-refractivity contribution in [1.82, 2.24) is 9.97 Å². The first-order chi connectivity index (χ1) is 11.3. The lowest BCUT2D eigenvalue weighted by Gasteiger charge is -2.01. The molecule has 4 rings (SSSR count). The molecule has 1 amide bonds. The molecule has 0 aliphatic heterocycles. The van der Waals surface area contributed by atoms with Gasteiger partial charge in [0.25, 0.3) is 5.91 Å². The van der Waals surface area contributed by atoms with Crippen LogP contribution in [0, 0.1) is 0 Å². The van der Waals surface area contributed by atoms with Gasteiger partial charge in [0, 0.05) is 6.20 Å². The molecule has 3 aromatic heterocycles. The first kappa shape index (κ1) is 14.0. The van der Waals surface area contributed by atoms with Gasteiger partial charge in [0.2, 0.25) is 0 Å². The average molecular weight is 337 g/mol. The van der Waals surface area contributed by atoms with Crippen molar-refractivity contribution in [1.29, 1.82) is 0 Å². The highest BCUT2D eigenvalue weighted by atomic mass is 32.1. The highest BCUT2D eigenvalue weighted by Gasteiger charge is 2.13. The number of nitrogens with one attached hydrogen (secondary N) is 1. The number of amides is 1. The van der Waals surface area contributed by atoms with Crippen LogP contribution in [0.4, 0.5) is 5.69 Å². The Bertz CT molecular complexity index is 943. The number of carbonyl (C=O) groups excluding carboxylic acids is 1. The Morgan fingerprint density at radius 2 is 1.91 bits per heavy atom. The highest BCUT2D eigenvalue weighted by Crippen LogP contribution is 2.34. The van der Waals surface area contributed by atoms with E-state index in [1.165, 1.54) is 11.3 Å². The molecule has 1 N–H and O–H groups in total.